The molecular weight excluding hydrogens is 370 g/mol. The van der Waals surface area contributed by atoms with Gasteiger partial charge in [-0.3, -0.25) is 0 Å². The van der Waals surface area contributed by atoms with Crippen LogP contribution in [0, 0.1) is 0 Å². The summed E-state index contributed by atoms with van der Waals surface area (Å²) in [5.41, 5.74) is 4.23. The largest absolute Gasteiger partial charge is 0.493 e. The smallest absolute Gasteiger partial charge is 0.243 e. The predicted molar refractivity (Wildman–Crippen MR) is 108 cm³/mol. The van der Waals surface area contributed by atoms with Crippen molar-refractivity contribution in [2.75, 3.05) is 13.2 Å². The molecule has 0 aromatic heterocycles. The molecule has 0 bridgehead atoms. The second kappa shape index (κ2) is 6.76. The van der Waals surface area contributed by atoms with Crippen molar-refractivity contribution in [2.45, 2.75) is 23.8 Å². The molecule has 2 aliphatic heterocycles. The third kappa shape index (κ3) is 2.82. The second-order valence-electron chi connectivity index (χ2n) is 7.25. The minimum atomic E-state index is -3.65. The lowest BCUT2D eigenvalue weighted by Gasteiger charge is -2.36. The number of hydrogen-bond acceptors (Lipinski definition) is 3. The molecule has 142 valence electrons. The van der Waals surface area contributed by atoms with Gasteiger partial charge in [-0.25, -0.2) is 8.42 Å². The number of ether oxygens (including phenoxy) is 1. The SMILES string of the molecule is O=S(=O)(c1ccc2c(c1)CCO2)N1CCc2ccccc2[C@@H]1c1ccccc1. The van der Waals surface area contributed by atoms with Crippen molar-refractivity contribution in [3.8, 4) is 5.75 Å². The Balaban J connectivity index is 1.63. The first kappa shape index (κ1) is 17.5. The molecule has 0 aliphatic carbocycles. The molecule has 0 fully saturated rings. The molecule has 0 amide bonds. The first-order valence-corrected chi connectivity index (χ1v) is 11.0. The Labute approximate surface area is 165 Å². The van der Waals surface area contributed by atoms with Gasteiger partial charge in [-0.15, -0.1) is 0 Å². The fourth-order valence-electron chi connectivity index (χ4n) is 4.24. The zero-order valence-corrected chi connectivity index (χ0v) is 16.2. The summed E-state index contributed by atoms with van der Waals surface area (Å²) >= 11 is 0. The minimum absolute atomic E-state index is 0.319. The molecule has 5 rings (SSSR count). The molecule has 0 N–H and O–H groups in total. The highest BCUT2D eigenvalue weighted by atomic mass is 32.2. The first-order chi connectivity index (χ1) is 13.6. The Kier molecular flexibility index (Phi) is 4.22. The zero-order chi connectivity index (χ0) is 19.1. The summed E-state index contributed by atoms with van der Waals surface area (Å²) in [5.74, 6) is 0.794. The Morgan fingerprint density at radius 3 is 2.50 bits per heavy atom. The highest BCUT2D eigenvalue weighted by Gasteiger charge is 2.37. The van der Waals surface area contributed by atoms with Crippen LogP contribution in [-0.2, 0) is 22.9 Å². The molecule has 2 heterocycles. The monoisotopic (exact) mass is 391 g/mol. The van der Waals surface area contributed by atoms with Gasteiger partial charge in [0.25, 0.3) is 0 Å². The van der Waals surface area contributed by atoms with Crippen LogP contribution in [0.15, 0.2) is 77.7 Å². The summed E-state index contributed by atoms with van der Waals surface area (Å²) in [4.78, 5) is 0.345. The van der Waals surface area contributed by atoms with E-state index in [-0.39, 0.29) is 6.04 Å². The standard InChI is InChI=1S/C23H21NO3S/c25-28(26,20-10-11-22-19(16-20)13-15-27-22)24-14-12-17-6-4-5-9-21(17)23(24)18-7-2-1-3-8-18/h1-11,16,23H,12-15H2/t23-/m0/s1. The lowest BCUT2D eigenvalue weighted by Crippen LogP contribution is -2.40. The summed E-state index contributed by atoms with van der Waals surface area (Å²) in [6, 6.07) is 23.0. The van der Waals surface area contributed by atoms with Crippen LogP contribution in [0.1, 0.15) is 28.3 Å². The second-order valence-corrected chi connectivity index (χ2v) is 9.14. The van der Waals surface area contributed by atoms with Crippen LogP contribution in [0.2, 0.25) is 0 Å². The molecule has 0 saturated carbocycles. The van der Waals surface area contributed by atoms with Gasteiger partial charge in [-0.2, -0.15) is 4.31 Å². The van der Waals surface area contributed by atoms with Crippen LogP contribution in [0.3, 0.4) is 0 Å². The van der Waals surface area contributed by atoms with Gasteiger partial charge < -0.3 is 4.74 Å². The van der Waals surface area contributed by atoms with Crippen molar-refractivity contribution in [3.63, 3.8) is 0 Å². The van der Waals surface area contributed by atoms with Crippen LogP contribution in [0.25, 0.3) is 0 Å². The van der Waals surface area contributed by atoms with Crippen molar-refractivity contribution in [2.24, 2.45) is 0 Å². The van der Waals surface area contributed by atoms with E-state index in [1.165, 1.54) is 5.56 Å². The van der Waals surface area contributed by atoms with E-state index >= 15 is 0 Å². The molecule has 3 aromatic rings. The summed E-state index contributed by atoms with van der Waals surface area (Å²) < 4.78 is 34.5. The lowest BCUT2D eigenvalue weighted by atomic mass is 9.90. The minimum Gasteiger partial charge on any atom is -0.493 e. The van der Waals surface area contributed by atoms with Gasteiger partial charge in [0.2, 0.25) is 10.0 Å². The van der Waals surface area contributed by atoms with Gasteiger partial charge in [0.05, 0.1) is 17.5 Å². The third-order valence-electron chi connectivity index (χ3n) is 5.62. The molecular formula is C23H21NO3S. The maximum atomic E-state index is 13.7. The maximum absolute atomic E-state index is 13.7. The molecule has 0 spiro atoms. The van der Waals surface area contributed by atoms with Gasteiger partial charge in [-0.05, 0) is 46.9 Å². The predicted octanol–water partition coefficient (Wildman–Crippen LogP) is 3.96. The zero-order valence-electron chi connectivity index (χ0n) is 15.4. The fourth-order valence-corrected chi connectivity index (χ4v) is 5.89. The molecule has 2 aliphatic rings. The van der Waals surface area contributed by atoms with Crippen molar-refractivity contribution < 1.29 is 13.2 Å². The average molecular weight is 391 g/mol. The van der Waals surface area contributed by atoms with E-state index in [0.717, 1.165) is 28.9 Å². The van der Waals surface area contributed by atoms with E-state index in [0.29, 0.717) is 24.5 Å². The molecule has 0 unspecified atom stereocenters. The molecule has 0 radical (unpaired) electrons. The van der Waals surface area contributed by atoms with E-state index in [4.69, 9.17) is 4.74 Å². The van der Waals surface area contributed by atoms with Crippen molar-refractivity contribution in [1.29, 1.82) is 0 Å². The Morgan fingerprint density at radius 1 is 0.857 bits per heavy atom. The number of hydrogen-bond donors (Lipinski definition) is 0. The van der Waals surface area contributed by atoms with Crippen LogP contribution < -0.4 is 4.74 Å². The Hall–Kier alpha value is -2.63. The van der Waals surface area contributed by atoms with E-state index in [1.807, 2.05) is 48.5 Å². The van der Waals surface area contributed by atoms with Crippen LogP contribution in [-0.4, -0.2) is 25.9 Å². The Bertz CT molecular complexity index is 1130. The Morgan fingerprint density at radius 2 is 1.64 bits per heavy atom. The number of rotatable bonds is 3. The molecule has 3 aromatic carbocycles. The van der Waals surface area contributed by atoms with E-state index in [9.17, 15) is 8.42 Å². The average Bonchev–Trinajstić information content (AvgIpc) is 3.21. The van der Waals surface area contributed by atoms with E-state index < -0.39 is 10.0 Å². The van der Waals surface area contributed by atoms with E-state index in [2.05, 4.69) is 6.07 Å². The molecule has 0 saturated heterocycles. The normalized spacial score (nSPS) is 18.9. The van der Waals surface area contributed by atoms with Crippen LogP contribution in [0.5, 0.6) is 5.75 Å². The van der Waals surface area contributed by atoms with Gasteiger partial charge in [0.15, 0.2) is 0 Å². The molecule has 28 heavy (non-hydrogen) atoms. The molecule has 1 atom stereocenters. The van der Waals surface area contributed by atoms with Crippen LogP contribution in [0.4, 0.5) is 0 Å². The summed E-state index contributed by atoms with van der Waals surface area (Å²) in [6.07, 6.45) is 1.47. The van der Waals surface area contributed by atoms with Crippen molar-refractivity contribution in [3.05, 3.63) is 95.1 Å². The summed E-state index contributed by atoms with van der Waals surface area (Å²) in [5, 5.41) is 0. The van der Waals surface area contributed by atoms with Gasteiger partial charge in [0.1, 0.15) is 5.75 Å². The van der Waals surface area contributed by atoms with Crippen LogP contribution >= 0.6 is 0 Å². The number of sulfonamides is 1. The van der Waals surface area contributed by atoms with Crippen molar-refractivity contribution >= 4 is 10.0 Å². The lowest BCUT2D eigenvalue weighted by molar-refractivity contribution is 0.344. The summed E-state index contributed by atoms with van der Waals surface area (Å²) in [6.45, 7) is 1.08. The maximum Gasteiger partial charge on any atom is 0.243 e. The molecule has 4 nitrogen and oxygen atoms in total. The number of nitrogens with zero attached hydrogens (tertiary/aromatic N) is 1. The fraction of sp³-hybridized carbons (Fsp3) is 0.217. The highest BCUT2D eigenvalue weighted by Crippen LogP contribution is 2.39. The number of benzene rings is 3. The van der Waals surface area contributed by atoms with Gasteiger partial charge in [-0.1, -0.05) is 54.6 Å². The van der Waals surface area contributed by atoms with Crippen molar-refractivity contribution in [1.82, 2.24) is 4.31 Å². The first-order valence-electron chi connectivity index (χ1n) is 9.55. The van der Waals surface area contributed by atoms with Gasteiger partial charge in [0, 0.05) is 13.0 Å². The quantitative estimate of drug-likeness (QED) is 0.679. The molecule has 5 heteroatoms. The topological polar surface area (TPSA) is 46.6 Å². The summed E-state index contributed by atoms with van der Waals surface area (Å²) in [7, 11) is -3.65. The van der Waals surface area contributed by atoms with E-state index in [1.54, 1.807) is 22.5 Å². The third-order valence-corrected chi connectivity index (χ3v) is 7.48. The highest BCUT2D eigenvalue weighted by molar-refractivity contribution is 7.89. The number of fused-ring (bicyclic) bond motifs is 2. The van der Waals surface area contributed by atoms with Gasteiger partial charge >= 0.3 is 0 Å².